The average molecular weight is 279 g/mol. The molecule has 5 heteroatoms. The third-order valence-electron chi connectivity index (χ3n) is 3.43. The summed E-state index contributed by atoms with van der Waals surface area (Å²) in [4.78, 5) is 24.8. The Morgan fingerprint density at radius 2 is 2.11 bits per heavy atom. The molecule has 1 N–H and O–H groups in total. The van der Waals surface area contributed by atoms with Crippen LogP contribution in [0.2, 0.25) is 0 Å². The minimum Gasteiger partial charge on any atom is -0.481 e. The molecule has 1 fully saturated rings. The van der Waals surface area contributed by atoms with Crippen molar-refractivity contribution in [1.82, 2.24) is 4.90 Å². The summed E-state index contributed by atoms with van der Waals surface area (Å²) in [6.45, 7) is 0.592. The Bertz CT molecular complexity index is 463. The molecular weight excluding hydrogens is 262 g/mol. The van der Waals surface area contributed by atoms with E-state index >= 15 is 0 Å². The zero-order valence-corrected chi connectivity index (χ0v) is 11.4. The summed E-state index contributed by atoms with van der Waals surface area (Å²) < 4.78 is 0. The summed E-state index contributed by atoms with van der Waals surface area (Å²) in [5.74, 6) is -0.00226. The molecule has 0 aliphatic carbocycles. The van der Waals surface area contributed by atoms with Crippen molar-refractivity contribution in [2.75, 3.05) is 12.3 Å². The summed E-state index contributed by atoms with van der Waals surface area (Å²) in [6.07, 6.45) is 0.404. The van der Waals surface area contributed by atoms with Crippen molar-refractivity contribution in [2.24, 2.45) is 5.92 Å². The number of carboxylic acid groups (broad SMARTS) is 1. The highest BCUT2D eigenvalue weighted by Gasteiger charge is 2.35. The summed E-state index contributed by atoms with van der Waals surface area (Å²) in [5, 5.41) is 9.06. The Labute approximate surface area is 117 Å². The third-order valence-corrected chi connectivity index (χ3v) is 3.94. The van der Waals surface area contributed by atoms with Crippen LogP contribution in [0.5, 0.6) is 0 Å². The first kappa shape index (κ1) is 13.9. The summed E-state index contributed by atoms with van der Waals surface area (Å²) >= 11 is 4.23. The standard InChI is InChI=1S/C14H17NO3S/c16-13-6-10(9-19)8-15(13)12(7-14(17)18)11-4-2-1-3-5-11/h1-5,10,12,19H,6-9H2,(H,17,18). The number of amides is 1. The van der Waals surface area contributed by atoms with Crippen LogP contribution in [0.25, 0.3) is 0 Å². The maximum atomic E-state index is 12.0. The lowest BCUT2D eigenvalue weighted by Crippen LogP contribution is -2.32. The summed E-state index contributed by atoms with van der Waals surface area (Å²) in [7, 11) is 0. The molecule has 1 heterocycles. The van der Waals surface area contributed by atoms with Crippen LogP contribution in [0.4, 0.5) is 0 Å². The number of carbonyl (C=O) groups excluding carboxylic acids is 1. The van der Waals surface area contributed by atoms with Gasteiger partial charge in [-0.1, -0.05) is 30.3 Å². The predicted molar refractivity (Wildman–Crippen MR) is 75.1 cm³/mol. The van der Waals surface area contributed by atoms with Crippen molar-refractivity contribution in [3.8, 4) is 0 Å². The fourth-order valence-electron chi connectivity index (χ4n) is 2.48. The molecule has 0 aromatic heterocycles. The quantitative estimate of drug-likeness (QED) is 0.810. The molecule has 102 valence electrons. The molecule has 0 bridgehead atoms. The average Bonchev–Trinajstić information content (AvgIpc) is 2.78. The summed E-state index contributed by atoms with van der Waals surface area (Å²) in [6, 6.07) is 8.96. The van der Waals surface area contributed by atoms with Crippen molar-refractivity contribution in [3.05, 3.63) is 35.9 Å². The normalized spacial score (nSPS) is 20.6. The second kappa shape index (κ2) is 6.10. The van der Waals surface area contributed by atoms with E-state index in [1.165, 1.54) is 0 Å². The smallest absolute Gasteiger partial charge is 0.305 e. The van der Waals surface area contributed by atoms with Crippen molar-refractivity contribution in [1.29, 1.82) is 0 Å². The monoisotopic (exact) mass is 279 g/mol. The number of thiol groups is 1. The summed E-state index contributed by atoms with van der Waals surface area (Å²) in [5.41, 5.74) is 0.873. The topological polar surface area (TPSA) is 57.6 Å². The van der Waals surface area contributed by atoms with E-state index in [1.807, 2.05) is 30.3 Å². The lowest BCUT2D eigenvalue weighted by molar-refractivity contribution is -0.139. The van der Waals surface area contributed by atoms with Gasteiger partial charge in [-0.05, 0) is 17.2 Å². The van der Waals surface area contributed by atoms with Crippen LogP contribution in [-0.2, 0) is 9.59 Å². The Morgan fingerprint density at radius 1 is 1.42 bits per heavy atom. The number of aliphatic carboxylic acids is 1. The molecule has 2 unspecified atom stereocenters. The lowest BCUT2D eigenvalue weighted by Gasteiger charge is -2.27. The minimum absolute atomic E-state index is 0.0224. The van der Waals surface area contributed by atoms with E-state index in [0.717, 1.165) is 5.56 Å². The van der Waals surface area contributed by atoms with E-state index in [1.54, 1.807) is 4.90 Å². The van der Waals surface area contributed by atoms with Gasteiger partial charge in [0, 0.05) is 13.0 Å². The Balaban J connectivity index is 2.23. The zero-order valence-electron chi connectivity index (χ0n) is 10.5. The Hall–Kier alpha value is -1.49. The minimum atomic E-state index is -0.893. The van der Waals surface area contributed by atoms with Gasteiger partial charge in [-0.2, -0.15) is 12.6 Å². The van der Waals surface area contributed by atoms with E-state index in [4.69, 9.17) is 5.11 Å². The van der Waals surface area contributed by atoms with Crippen molar-refractivity contribution in [3.63, 3.8) is 0 Å². The van der Waals surface area contributed by atoms with Gasteiger partial charge in [-0.25, -0.2) is 0 Å². The van der Waals surface area contributed by atoms with Gasteiger partial charge in [0.05, 0.1) is 12.5 Å². The SMILES string of the molecule is O=C(O)CC(c1ccccc1)N1CC(CS)CC1=O. The van der Waals surface area contributed by atoms with E-state index in [-0.39, 0.29) is 24.3 Å². The lowest BCUT2D eigenvalue weighted by atomic mass is 10.0. The van der Waals surface area contributed by atoms with Gasteiger partial charge in [0.15, 0.2) is 0 Å². The highest BCUT2D eigenvalue weighted by atomic mass is 32.1. The molecule has 1 aliphatic rings. The van der Waals surface area contributed by atoms with Gasteiger partial charge in [-0.3, -0.25) is 9.59 Å². The molecule has 19 heavy (non-hydrogen) atoms. The fourth-order valence-corrected chi connectivity index (χ4v) is 2.73. The first-order valence-electron chi connectivity index (χ1n) is 6.29. The molecule has 4 nitrogen and oxygen atoms in total. The van der Waals surface area contributed by atoms with Crippen molar-refractivity contribution in [2.45, 2.75) is 18.9 Å². The molecule has 0 saturated carbocycles. The van der Waals surface area contributed by atoms with E-state index < -0.39 is 5.97 Å². The number of nitrogens with zero attached hydrogens (tertiary/aromatic N) is 1. The number of hydrogen-bond acceptors (Lipinski definition) is 3. The first-order valence-corrected chi connectivity index (χ1v) is 6.92. The van der Waals surface area contributed by atoms with Crippen LogP contribution in [0.1, 0.15) is 24.4 Å². The van der Waals surface area contributed by atoms with Gasteiger partial charge < -0.3 is 10.0 Å². The highest BCUT2D eigenvalue weighted by molar-refractivity contribution is 7.80. The molecule has 0 spiro atoms. The predicted octanol–water partition coefficient (Wildman–Crippen LogP) is 1.98. The van der Waals surface area contributed by atoms with Crippen LogP contribution in [0, 0.1) is 5.92 Å². The van der Waals surface area contributed by atoms with Crippen LogP contribution >= 0.6 is 12.6 Å². The molecular formula is C14H17NO3S. The van der Waals surface area contributed by atoms with Crippen LogP contribution < -0.4 is 0 Å². The zero-order chi connectivity index (χ0) is 13.8. The number of hydrogen-bond donors (Lipinski definition) is 2. The number of carboxylic acids is 1. The second-order valence-electron chi connectivity index (χ2n) is 4.82. The van der Waals surface area contributed by atoms with Crippen molar-refractivity contribution >= 4 is 24.5 Å². The van der Waals surface area contributed by atoms with Gasteiger partial charge in [0.1, 0.15) is 0 Å². The molecule has 1 aromatic carbocycles. The van der Waals surface area contributed by atoms with Gasteiger partial charge in [-0.15, -0.1) is 0 Å². The number of benzene rings is 1. The number of rotatable bonds is 5. The Kier molecular flexibility index (Phi) is 4.47. The highest BCUT2D eigenvalue weighted by Crippen LogP contribution is 2.31. The van der Waals surface area contributed by atoms with Gasteiger partial charge in [0.25, 0.3) is 0 Å². The largest absolute Gasteiger partial charge is 0.481 e. The first-order chi connectivity index (χ1) is 9.11. The molecule has 0 radical (unpaired) electrons. The molecule has 2 rings (SSSR count). The van der Waals surface area contributed by atoms with Crippen molar-refractivity contribution < 1.29 is 14.7 Å². The van der Waals surface area contributed by atoms with E-state index in [9.17, 15) is 9.59 Å². The fraction of sp³-hybridized carbons (Fsp3) is 0.429. The van der Waals surface area contributed by atoms with Gasteiger partial charge >= 0.3 is 5.97 Å². The molecule has 1 saturated heterocycles. The molecule has 2 atom stereocenters. The Morgan fingerprint density at radius 3 is 2.63 bits per heavy atom. The van der Waals surface area contributed by atoms with Crippen LogP contribution in [0.3, 0.4) is 0 Å². The molecule has 1 amide bonds. The molecule has 1 aliphatic heterocycles. The number of likely N-dealkylation sites (tertiary alicyclic amines) is 1. The van der Waals surface area contributed by atoms with Crippen LogP contribution in [0.15, 0.2) is 30.3 Å². The maximum Gasteiger partial charge on any atom is 0.305 e. The van der Waals surface area contributed by atoms with E-state index in [0.29, 0.717) is 18.7 Å². The van der Waals surface area contributed by atoms with Gasteiger partial charge in [0.2, 0.25) is 5.91 Å². The molecule has 1 aromatic rings. The second-order valence-corrected chi connectivity index (χ2v) is 5.19. The third kappa shape index (κ3) is 3.29. The number of carbonyl (C=O) groups is 2. The van der Waals surface area contributed by atoms with E-state index in [2.05, 4.69) is 12.6 Å². The maximum absolute atomic E-state index is 12.0. The van der Waals surface area contributed by atoms with Crippen LogP contribution in [-0.4, -0.2) is 34.2 Å².